The zero-order chi connectivity index (χ0) is 9.68. The number of hydrogen-bond donors (Lipinski definition) is 1. The van der Waals surface area contributed by atoms with E-state index in [2.05, 4.69) is 4.74 Å². The van der Waals surface area contributed by atoms with Gasteiger partial charge in [0.1, 0.15) is 12.0 Å². The standard InChI is InChI=1S/C10H10O3/c1-8(11)7-13-10(12)9-5-3-2-4-6-9/h2-7,11H,1H3/b8-7+. The number of carbonyl (C=O) groups excluding carboxylic acids is 1. The van der Waals surface area contributed by atoms with E-state index in [0.717, 1.165) is 6.26 Å². The van der Waals surface area contributed by atoms with Crippen molar-refractivity contribution in [3.05, 3.63) is 47.9 Å². The van der Waals surface area contributed by atoms with Gasteiger partial charge in [0.05, 0.1) is 5.56 Å². The van der Waals surface area contributed by atoms with Crippen molar-refractivity contribution < 1.29 is 14.6 Å². The summed E-state index contributed by atoms with van der Waals surface area (Å²) in [6.45, 7) is 1.43. The molecule has 0 saturated heterocycles. The third-order valence-corrected chi connectivity index (χ3v) is 1.35. The van der Waals surface area contributed by atoms with Crippen LogP contribution in [0.3, 0.4) is 0 Å². The highest BCUT2D eigenvalue weighted by Gasteiger charge is 2.03. The number of esters is 1. The van der Waals surface area contributed by atoms with Crippen molar-refractivity contribution in [1.82, 2.24) is 0 Å². The Labute approximate surface area is 76.3 Å². The molecule has 1 rings (SSSR count). The van der Waals surface area contributed by atoms with Crippen LogP contribution in [0.4, 0.5) is 0 Å². The van der Waals surface area contributed by atoms with Crippen LogP contribution in [0.25, 0.3) is 0 Å². The largest absolute Gasteiger partial charge is 0.509 e. The second kappa shape index (κ2) is 4.30. The number of aliphatic hydroxyl groups is 1. The topological polar surface area (TPSA) is 46.5 Å². The average Bonchev–Trinajstić information content (AvgIpc) is 2.15. The van der Waals surface area contributed by atoms with Gasteiger partial charge in [0, 0.05) is 0 Å². The van der Waals surface area contributed by atoms with E-state index in [1.807, 2.05) is 6.07 Å². The van der Waals surface area contributed by atoms with Gasteiger partial charge in [-0.1, -0.05) is 18.2 Å². The molecule has 0 bridgehead atoms. The Morgan fingerprint density at radius 3 is 2.54 bits per heavy atom. The molecule has 13 heavy (non-hydrogen) atoms. The lowest BCUT2D eigenvalue weighted by Crippen LogP contribution is -2.00. The summed E-state index contributed by atoms with van der Waals surface area (Å²) in [7, 11) is 0. The first kappa shape index (κ1) is 9.32. The minimum Gasteiger partial charge on any atom is -0.509 e. The molecule has 0 radical (unpaired) electrons. The van der Waals surface area contributed by atoms with Crippen LogP contribution in [0.5, 0.6) is 0 Å². The summed E-state index contributed by atoms with van der Waals surface area (Å²) >= 11 is 0. The number of ether oxygens (including phenoxy) is 1. The molecule has 0 aromatic heterocycles. The molecule has 1 N–H and O–H groups in total. The monoisotopic (exact) mass is 178 g/mol. The van der Waals surface area contributed by atoms with Gasteiger partial charge < -0.3 is 9.84 Å². The zero-order valence-corrected chi connectivity index (χ0v) is 7.23. The molecule has 1 aromatic rings. The van der Waals surface area contributed by atoms with E-state index in [4.69, 9.17) is 5.11 Å². The van der Waals surface area contributed by atoms with Crippen molar-refractivity contribution in [2.45, 2.75) is 6.92 Å². The van der Waals surface area contributed by atoms with Crippen LogP contribution >= 0.6 is 0 Å². The number of aliphatic hydroxyl groups excluding tert-OH is 1. The van der Waals surface area contributed by atoms with Crippen molar-refractivity contribution >= 4 is 5.97 Å². The highest BCUT2D eigenvalue weighted by molar-refractivity contribution is 5.89. The number of carbonyl (C=O) groups is 1. The van der Waals surface area contributed by atoms with Crippen LogP contribution in [0.15, 0.2) is 42.4 Å². The van der Waals surface area contributed by atoms with Crippen LogP contribution < -0.4 is 0 Å². The van der Waals surface area contributed by atoms with E-state index in [0.29, 0.717) is 5.56 Å². The van der Waals surface area contributed by atoms with Crippen LogP contribution in [0.1, 0.15) is 17.3 Å². The Morgan fingerprint density at radius 1 is 1.38 bits per heavy atom. The van der Waals surface area contributed by atoms with Crippen LogP contribution in [0, 0.1) is 0 Å². The van der Waals surface area contributed by atoms with Gasteiger partial charge >= 0.3 is 5.97 Å². The number of allylic oxidation sites excluding steroid dienone is 1. The van der Waals surface area contributed by atoms with Crippen molar-refractivity contribution in [3.63, 3.8) is 0 Å². The Balaban J connectivity index is 2.65. The van der Waals surface area contributed by atoms with Crippen molar-refractivity contribution in [3.8, 4) is 0 Å². The fraction of sp³-hybridized carbons (Fsp3) is 0.100. The molecule has 3 heteroatoms. The fourth-order valence-corrected chi connectivity index (χ4v) is 0.781. The second-order valence-corrected chi connectivity index (χ2v) is 2.53. The lowest BCUT2D eigenvalue weighted by atomic mass is 10.2. The molecular weight excluding hydrogens is 168 g/mol. The third-order valence-electron chi connectivity index (χ3n) is 1.35. The molecule has 0 spiro atoms. The summed E-state index contributed by atoms with van der Waals surface area (Å²) in [6.07, 6.45) is 1.01. The molecule has 0 amide bonds. The molecule has 1 aromatic carbocycles. The number of benzene rings is 1. The lowest BCUT2D eigenvalue weighted by molar-refractivity contribution is 0.0652. The van der Waals surface area contributed by atoms with Crippen molar-refractivity contribution in [2.75, 3.05) is 0 Å². The summed E-state index contributed by atoms with van der Waals surface area (Å²) in [6, 6.07) is 8.58. The van der Waals surface area contributed by atoms with Crippen molar-refractivity contribution in [2.24, 2.45) is 0 Å². The Morgan fingerprint density at radius 2 is 2.00 bits per heavy atom. The highest BCUT2D eigenvalue weighted by Crippen LogP contribution is 2.01. The van der Waals surface area contributed by atoms with E-state index in [9.17, 15) is 4.79 Å². The van der Waals surface area contributed by atoms with E-state index < -0.39 is 5.97 Å². The summed E-state index contributed by atoms with van der Waals surface area (Å²) < 4.78 is 4.64. The maximum absolute atomic E-state index is 11.2. The van der Waals surface area contributed by atoms with E-state index >= 15 is 0 Å². The van der Waals surface area contributed by atoms with Gasteiger partial charge in [0.15, 0.2) is 0 Å². The summed E-state index contributed by atoms with van der Waals surface area (Å²) in [5.41, 5.74) is 0.458. The van der Waals surface area contributed by atoms with Crippen LogP contribution in [0.2, 0.25) is 0 Å². The predicted molar refractivity (Wildman–Crippen MR) is 48.2 cm³/mol. The van der Waals surface area contributed by atoms with Gasteiger partial charge in [0.2, 0.25) is 0 Å². The molecule has 3 nitrogen and oxygen atoms in total. The molecule has 0 fully saturated rings. The van der Waals surface area contributed by atoms with E-state index in [-0.39, 0.29) is 5.76 Å². The summed E-state index contributed by atoms with van der Waals surface area (Å²) in [5, 5.41) is 8.73. The molecule has 0 aliphatic carbocycles. The first-order valence-corrected chi connectivity index (χ1v) is 3.82. The Kier molecular flexibility index (Phi) is 3.09. The molecule has 0 atom stereocenters. The Hall–Kier alpha value is -1.77. The van der Waals surface area contributed by atoms with Gasteiger partial charge in [-0.3, -0.25) is 0 Å². The smallest absolute Gasteiger partial charge is 0.343 e. The number of rotatable bonds is 2. The molecule has 0 unspecified atom stereocenters. The van der Waals surface area contributed by atoms with Gasteiger partial charge in [-0.15, -0.1) is 0 Å². The quantitative estimate of drug-likeness (QED) is 0.558. The van der Waals surface area contributed by atoms with Crippen molar-refractivity contribution in [1.29, 1.82) is 0 Å². The first-order chi connectivity index (χ1) is 6.20. The number of hydrogen-bond acceptors (Lipinski definition) is 3. The molecule has 68 valence electrons. The maximum Gasteiger partial charge on any atom is 0.343 e. The van der Waals surface area contributed by atoms with E-state index in [1.54, 1.807) is 24.3 Å². The third kappa shape index (κ3) is 2.99. The highest BCUT2D eigenvalue weighted by atomic mass is 16.5. The molecule has 0 aliphatic heterocycles. The van der Waals surface area contributed by atoms with Gasteiger partial charge in [-0.2, -0.15) is 0 Å². The second-order valence-electron chi connectivity index (χ2n) is 2.53. The predicted octanol–water partition coefficient (Wildman–Crippen LogP) is 2.26. The minimum absolute atomic E-state index is 0.0377. The first-order valence-electron chi connectivity index (χ1n) is 3.82. The maximum atomic E-state index is 11.2. The normalized spacial score (nSPS) is 11.0. The molecular formula is C10H10O3. The molecule has 0 saturated carbocycles. The van der Waals surface area contributed by atoms with Gasteiger partial charge in [0.25, 0.3) is 0 Å². The Bertz CT molecular complexity index is 310. The molecule has 0 aliphatic rings. The fourth-order valence-electron chi connectivity index (χ4n) is 0.781. The van der Waals surface area contributed by atoms with Crippen LogP contribution in [-0.2, 0) is 4.74 Å². The minimum atomic E-state index is -0.478. The SMILES string of the molecule is C/C(O)=C\OC(=O)c1ccccc1. The lowest BCUT2D eigenvalue weighted by Gasteiger charge is -1.98. The van der Waals surface area contributed by atoms with Crippen LogP contribution in [-0.4, -0.2) is 11.1 Å². The van der Waals surface area contributed by atoms with E-state index in [1.165, 1.54) is 6.92 Å². The zero-order valence-electron chi connectivity index (χ0n) is 7.23. The summed E-state index contributed by atoms with van der Waals surface area (Å²) in [5.74, 6) is -0.515. The van der Waals surface area contributed by atoms with Gasteiger partial charge in [-0.05, 0) is 19.1 Å². The van der Waals surface area contributed by atoms with Gasteiger partial charge in [-0.25, -0.2) is 4.79 Å². The molecule has 0 heterocycles. The average molecular weight is 178 g/mol. The summed E-state index contributed by atoms with van der Waals surface area (Å²) in [4.78, 5) is 11.2.